The standard InChI is InChI=1S/C30H32N6O3S/c1-20(19-37)33-27-26(18-32-29(36-27)35-24-9-6-10-25(17-24)40(2,31)39)21-11-13-23(14-12-21)34-28(38)30(15-16-30)22-7-4-3-5-8-22/h3-14,17-18,20,31,37H,15-16,19H2,1-2H3,(H,34,38)(H2,32,33,35,36)/t20-,40-/m1/s1. The van der Waals surface area contributed by atoms with E-state index in [1.54, 1.807) is 30.5 Å². The summed E-state index contributed by atoms with van der Waals surface area (Å²) in [4.78, 5) is 22.6. The van der Waals surface area contributed by atoms with Crippen molar-refractivity contribution in [1.29, 1.82) is 4.78 Å². The van der Waals surface area contributed by atoms with E-state index in [1.807, 2.05) is 61.5 Å². The van der Waals surface area contributed by atoms with E-state index >= 15 is 0 Å². The first-order chi connectivity index (χ1) is 19.2. The van der Waals surface area contributed by atoms with E-state index in [-0.39, 0.29) is 18.6 Å². The van der Waals surface area contributed by atoms with Gasteiger partial charge in [0, 0.05) is 40.3 Å². The van der Waals surface area contributed by atoms with Crippen LogP contribution in [0.2, 0.25) is 0 Å². The molecule has 1 saturated carbocycles. The second-order valence-electron chi connectivity index (χ2n) is 10.2. The zero-order chi connectivity index (χ0) is 28.3. The normalized spacial score (nSPS) is 15.9. The molecule has 0 bridgehead atoms. The van der Waals surface area contributed by atoms with Crippen LogP contribution in [0, 0.1) is 4.78 Å². The summed E-state index contributed by atoms with van der Waals surface area (Å²) in [5.74, 6) is 0.825. The van der Waals surface area contributed by atoms with Crippen LogP contribution in [0.15, 0.2) is 90.0 Å². The van der Waals surface area contributed by atoms with E-state index in [1.165, 1.54) is 6.26 Å². The summed E-state index contributed by atoms with van der Waals surface area (Å²) in [6.07, 6.45) is 4.73. The molecule has 40 heavy (non-hydrogen) atoms. The molecule has 3 aromatic carbocycles. The fraction of sp³-hybridized carbons (Fsp3) is 0.233. The van der Waals surface area contributed by atoms with Crippen molar-refractivity contribution in [3.05, 3.63) is 90.6 Å². The Bertz CT molecular complexity index is 1620. The van der Waals surface area contributed by atoms with Crippen LogP contribution in [0.5, 0.6) is 0 Å². The minimum atomic E-state index is -2.87. The highest BCUT2D eigenvalue weighted by molar-refractivity contribution is 7.91. The third-order valence-electron chi connectivity index (χ3n) is 6.95. The first-order valence-electron chi connectivity index (χ1n) is 13.0. The van der Waals surface area contributed by atoms with Gasteiger partial charge in [-0.3, -0.25) is 4.79 Å². The van der Waals surface area contributed by atoms with Gasteiger partial charge in [-0.05, 0) is 61.2 Å². The molecule has 0 aliphatic heterocycles. The summed E-state index contributed by atoms with van der Waals surface area (Å²) in [5.41, 5.74) is 3.46. The SMILES string of the molecule is C[C@H](CO)Nc1nc(Nc2cccc([S@](C)(=N)=O)c2)ncc1-c1ccc(NC(=O)C2(c3ccccc3)CC2)cc1. The number of carbonyl (C=O) groups excluding carboxylic acids is 1. The van der Waals surface area contributed by atoms with Gasteiger partial charge < -0.3 is 21.1 Å². The van der Waals surface area contributed by atoms with E-state index in [9.17, 15) is 14.1 Å². The van der Waals surface area contributed by atoms with Gasteiger partial charge in [0.2, 0.25) is 11.9 Å². The van der Waals surface area contributed by atoms with Gasteiger partial charge in [-0.25, -0.2) is 14.0 Å². The van der Waals surface area contributed by atoms with E-state index in [2.05, 4.69) is 25.9 Å². The highest BCUT2D eigenvalue weighted by Crippen LogP contribution is 2.49. The van der Waals surface area contributed by atoms with E-state index in [4.69, 9.17) is 4.78 Å². The average Bonchev–Trinajstić information content (AvgIpc) is 3.76. The summed E-state index contributed by atoms with van der Waals surface area (Å²) >= 11 is 0. The molecule has 0 unspecified atom stereocenters. The number of aliphatic hydroxyl groups is 1. The molecule has 9 nitrogen and oxygen atoms in total. The summed E-state index contributed by atoms with van der Waals surface area (Å²) < 4.78 is 20.0. The lowest BCUT2D eigenvalue weighted by Gasteiger charge is -2.18. The molecular weight excluding hydrogens is 524 g/mol. The van der Waals surface area contributed by atoms with Gasteiger partial charge in [0.15, 0.2) is 0 Å². The molecule has 5 rings (SSSR count). The Morgan fingerprint density at radius 1 is 1.05 bits per heavy atom. The van der Waals surface area contributed by atoms with Crippen LogP contribution in [0.4, 0.5) is 23.1 Å². The minimum Gasteiger partial charge on any atom is -0.394 e. The van der Waals surface area contributed by atoms with Crippen LogP contribution in [0.3, 0.4) is 0 Å². The molecule has 0 radical (unpaired) electrons. The first-order valence-corrected chi connectivity index (χ1v) is 15.0. The monoisotopic (exact) mass is 556 g/mol. The number of anilines is 4. The second kappa shape index (κ2) is 11.1. The molecule has 4 aromatic rings. The molecule has 1 aromatic heterocycles. The van der Waals surface area contributed by atoms with Crippen LogP contribution >= 0.6 is 0 Å². The minimum absolute atomic E-state index is 0.00211. The average molecular weight is 557 g/mol. The van der Waals surface area contributed by atoms with Gasteiger partial charge in [0.25, 0.3) is 0 Å². The molecule has 1 aliphatic carbocycles. The van der Waals surface area contributed by atoms with Crippen molar-refractivity contribution >= 4 is 38.8 Å². The van der Waals surface area contributed by atoms with Crippen molar-refractivity contribution < 1.29 is 14.1 Å². The third-order valence-corrected chi connectivity index (χ3v) is 8.10. The molecule has 206 valence electrons. The maximum atomic E-state index is 13.1. The lowest BCUT2D eigenvalue weighted by molar-refractivity contribution is -0.118. The number of hydrogen-bond donors (Lipinski definition) is 5. The van der Waals surface area contributed by atoms with Gasteiger partial charge in [0.05, 0.1) is 21.8 Å². The largest absolute Gasteiger partial charge is 0.394 e. The number of hydrogen-bond acceptors (Lipinski definition) is 8. The topological polar surface area (TPSA) is 140 Å². The lowest BCUT2D eigenvalue weighted by atomic mass is 9.95. The van der Waals surface area contributed by atoms with Crippen molar-refractivity contribution in [2.24, 2.45) is 0 Å². The van der Waals surface area contributed by atoms with Gasteiger partial charge >= 0.3 is 0 Å². The quantitative estimate of drug-likeness (QED) is 0.176. The highest BCUT2D eigenvalue weighted by Gasteiger charge is 2.51. The van der Waals surface area contributed by atoms with E-state index < -0.39 is 15.1 Å². The Morgan fingerprint density at radius 3 is 2.42 bits per heavy atom. The summed E-state index contributed by atoms with van der Waals surface area (Å²) in [6, 6.07) is 23.9. The van der Waals surface area contributed by atoms with E-state index in [0.717, 1.165) is 29.5 Å². The first kappa shape index (κ1) is 27.3. The van der Waals surface area contributed by atoms with Gasteiger partial charge in [-0.15, -0.1) is 0 Å². The Labute approximate surface area is 234 Å². The zero-order valence-electron chi connectivity index (χ0n) is 22.3. The molecule has 0 spiro atoms. The Balaban J connectivity index is 1.37. The Hall–Kier alpha value is -4.28. The maximum absolute atomic E-state index is 13.1. The lowest BCUT2D eigenvalue weighted by Crippen LogP contribution is -2.27. The van der Waals surface area contributed by atoms with Gasteiger partial charge in [-0.2, -0.15) is 4.98 Å². The van der Waals surface area contributed by atoms with Crippen molar-refractivity contribution in [1.82, 2.24) is 9.97 Å². The Morgan fingerprint density at radius 2 is 1.77 bits per heavy atom. The van der Waals surface area contributed by atoms with Crippen LogP contribution < -0.4 is 16.0 Å². The van der Waals surface area contributed by atoms with Crippen molar-refractivity contribution in [3.63, 3.8) is 0 Å². The van der Waals surface area contributed by atoms with Crippen LogP contribution in [0.25, 0.3) is 11.1 Å². The van der Waals surface area contributed by atoms with Crippen molar-refractivity contribution in [2.45, 2.75) is 36.1 Å². The number of aromatic nitrogens is 2. The second-order valence-corrected chi connectivity index (χ2v) is 12.3. The zero-order valence-corrected chi connectivity index (χ0v) is 23.2. The third kappa shape index (κ3) is 5.98. The number of carbonyl (C=O) groups is 1. The van der Waals surface area contributed by atoms with Crippen molar-refractivity contribution in [2.75, 3.05) is 28.8 Å². The van der Waals surface area contributed by atoms with Crippen molar-refractivity contribution in [3.8, 4) is 11.1 Å². The van der Waals surface area contributed by atoms with Crippen LogP contribution in [-0.2, 0) is 19.9 Å². The molecule has 10 heteroatoms. The number of rotatable bonds is 10. The molecule has 1 aliphatic rings. The maximum Gasteiger partial charge on any atom is 0.235 e. The molecule has 1 heterocycles. The number of nitrogens with one attached hydrogen (secondary N) is 4. The Kier molecular flexibility index (Phi) is 7.55. The molecule has 5 N–H and O–H groups in total. The fourth-order valence-electron chi connectivity index (χ4n) is 4.50. The molecule has 2 atom stereocenters. The molecule has 1 amide bonds. The summed E-state index contributed by atoms with van der Waals surface area (Å²) in [6.45, 7) is 1.75. The van der Waals surface area contributed by atoms with Gasteiger partial charge in [0.1, 0.15) is 5.82 Å². The molecule has 0 saturated heterocycles. The molecule has 1 fully saturated rings. The smallest absolute Gasteiger partial charge is 0.235 e. The summed E-state index contributed by atoms with van der Waals surface area (Å²) in [5, 5.41) is 19.0. The molecular formula is C30H32N6O3S. The number of amides is 1. The van der Waals surface area contributed by atoms with E-state index in [0.29, 0.717) is 28.0 Å². The highest BCUT2D eigenvalue weighted by atomic mass is 32.2. The fourth-order valence-corrected chi connectivity index (χ4v) is 5.19. The van der Waals surface area contributed by atoms with Gasteiger partial charge in [-0.1, -0.05) is 48.5 Å². The van der Waals surface area contributed by atoms with Crippen LogP contribution in [-0.4, -0.2) is 44.1 Å². The summed E-state index contributed by atoms with van der Waals surface area (Å²) in [7, 11) is -2.87. The predicted octanol–water partition coefficient (Wildman–Crippen LogP) is 5.39. The number of nitrogens with zero attached hydrogens (tertiary/aromatic N) is 2. The predicted molar refractivity (Wildman–Crippen MR) is 158 cm³/mol. The number of aliphatic hydroxyl groups excluding tert-OH is 1. The van der Waals surface area contributed by atoms with Crippen LogP contribution in [0.1, 0.15) is 25.3 Å². The number of benzene rings is 3.